The summed E-state index contributed by atoms with van der Waals surface area (Å²) >= 11 is 0. The Morgan fingerprint density at radius 2 is 2.17 bits per heavy atom. The highest BCUT2D eigenvalue weighted by Crippen LogP contribution is 2.32. The van der Waals surface area contributed by atoms with Gasteiger partial charge in [0.15, 0.2) is 6.10 Å². The molecule has 0 unspecified atom stereocenters. The smallest absolute Gasteiger partial charge is 0.446 e. The molecule has 10 heteroatoms. The fourth-order valence-electron chi connectivity index (χ4n) is 2.66. The Hall–Kier alpha value is -2.59. The lowest BCUT2D eigenvalue weighted by Crippen LogP contribution is -2.28. The molecule has 1 aromatic heterocycles. The van der Waals surface area contributed by atoms with E-state index in [9.17, 15) is 13.2 Å². The zero-order valence-electron chi connectivity index (χ0n) is 12.8. The first-order valence-corrected chi connectivity index (χ1v) is 8.37. The number of rotatable bonds is 4. The largest absolute Gasteiger partial charge is 0.451 e. The molecule has 3 rings (SSSR count). The van der Waals surface area contributed by atoms with Gasteiger partial charge in [-0.15, -0.1) is 0 Å². The van der Waals surface area contributed by atoms with Crippen molar-refractivity contribution in [3.05, 3.63) is 30.0 Å². The van der Waals surface area contributed by atoms with E-state index in [1.54, 1.807) is 12.3 Å². The molecule has 3 N–H and O–H groups in total. The zero-order chi connectivity index (χ0) is 17.5. The predicted octanol–water partition coefficient (Wildman–Crippen LogP) is 0.954. The van der Waals surface area contributed by atoms with Gasteiger partial charge >= 0.3 is 10.4 Å². The first kappa shape index (κ1) is 16.3. The van der Waals surface area contributed by atoms with Crippen molar-refractivity contribution in [3.8, 4) is 5.75 Å². The second-order valence-corrected chi connectivity index (χ2v) is 6.33. The summed E-state index contributed by atoms with van der Waals surface area (Å²) in [5.41, 5.74) is 1.42. The third-order valence-electron chi connectivity index (χ3n) is 3.76. The van der Waals surface area contributed by atoms with E-state index in [1.165, 1.54) is 19.2 Å². The third kappa shape index (κ3) is 3.05. The van der Waals surface area contributed by atoms with Crippen molar-refractivity contribution in [1.29, 1.82) is 0 Å². The van der Waals surface area contributed by atoms with E-state index in [-0.39, 0.29) is 23.6 Å². The molecule has 1 amide bonds. The number of amidine groups is 1. The number of aliphatic imine (C=N–C) groups is 1. The molecule has 24 heavy (non-hydrogen) atoms. The first-order valence-electron chi connectivity index (χ1n) is 7.00. The SMILES string of the molecule is CN=C1NC(=O)[C@H]([C@H](C)c2c[nH]c3cc(OS(=O)(=O)O)ccc23)O1. The van der Waals surface area contributed by atoms with E-state index in [0.29, 0.717) is 5.52 Å². The van der Waals surface area contributed by atoms with Crippen LogP contribution in [-0.2, 0) is 19.9 Å². The van der Waals surface area contributed by atoms with Crippen molar-refractivity contribution in [2.75, 3.05) is 7.05 Å². The summed E-state index contributed by atoms with van der Waals surface area (Å²) in [4.78, 5) is 18.8. The Bertz CT molecular complexity index is 933. The van der Waals surface area contributed by atoms with Gasteiger partial charge in [0.1, 0.15) is 5.75 Å². The summed E-state index contributed by atoms with van der Waals surface area (Å²) in [6, 6.07) is 4.67. The summed E-state index contributed by atoms with van der Waals surface area (Å²) in [6.07, 6.45) is 1.00. The number of carbonyl (C=O) groups excluding carboxylic acids is 1. The molecule has 0 radical (unpaired) electrons. The van der Waals surface area contributed by atoms with Crippen LogP contribution in [0.2, 0.25) is 0 Å². The quantitative estimate of drug-likeness (QED) is 0.702. The number of nitrogens with zero attached hydrogens (tertiary/aromatic N) is 1. The lowest BCUT2D eigenvalue weighted by molar-refractivity contribution is -0.124. The molecular weight excluding hydrogens is 338 g/mol. The van der Waals surface area contributed by atoms with Crippen molar-refractivity contribution in [3.63, 3.8) is 0 Å². The number of hydrogen-bond acceptors (Lipinski definition) is 6. The summed E-state index contributed by atoms with van der Waals surface area (Å²) in [5.74, 6) is -0.573. The highest BCUT2D eigenvalue weighted by molar-refractivity contribution is 7.81. The Labute approximate surface area is 137 Å². The van der Waals surface area contributed by atoms with E-state index >= 15 is 0 Å². The van der Waals surface area contributed by atoms with Crippen LogP contribution in [0.15, 0.2) is 29.4 Å². The number of ether oxygens (including phenoxy) is 1. The lowest BCUT2D eigenvalue weighted by atomic mass is 9.94. The fourth-order valence-corrected chi connectivity index (χ4v) is 3.01. The minimum Gasteiger partial charge on any atom is -0.451 e. The van der Waals surface area contributed by atoms with Crippen LogP contribution in [0, 0.1) is 0 Å². The van der Waals surface area contributed by atoms with Crippen molar-refractivity contribution in [1.82, 2.24) is 10.3 Å². The van der Waals surface area contributed by atoms with Crippen LogP contribution in [0.5, 0.6) is 5.75 Å². The summed E-state index contributed by atoms with van der Waals surface area (Å²) in [5, 5.41) is 3.32. The van der Waals surface area contributed by atoms with Crippen molar-refractivity contribution in [2.24, 2.45) is 4.99 Å². The molecule has 2 aromatic rings. The minimum atomic E-state index is -4.58. The number of nitrogens with one attached hydrogen (secondary N) is 2. The normalized spacial score (nSPS) is 20.9. The number of aromatic nitrogens is 1. The average molecular weight is 353 g/mol. The highest BCUT2D eigenvalue weighted by atomic mass is 32.3. The summed E-state index contributed by atoms with van der Waals surface area (Å²) < 4.78 is 40.2. The lowest BCUT2D eigenvalue weighted by Gasteiger charge is -2.15. The van der Waals surface area contributed by atoms with Gasteiger partial charge in [-0.25, -0.2) is 4.99 Å². The summed E-state index contributed by atoms with van der Waals surface area (Å²) in [7, 11) is -3.07. The molecule has 1 aromatic carbocycles. The molecule has 1 saturated heterocycles. The summed E-state index contributed by atoms with van der Waals surface area (Å²) in [6.45, 7) is 1.84. The molecule has 128 valence electrons. The van der Waals surface area contributed by atoms with Gasteiger partial charge in [0.05, 0.1) is 0 Å². The van der Waals surface area contributed by atoms with Crippen LogP contribution in [-0.4, -0.2) is 43.0 Å². The van der Waals surface area contributed by atoms with Crippen LogP contribution in [0.25, 0.3) is 10.9 Å². The van der Waals surface area contributed by atoms with Crippen LogP contribution >= 0.6 is 0 Å². The van der Waals surface area contributed by atoms with Gasteiger partial charge in [-0.05, 0) is 17.7 Å². The number of fused-ring (bicyclic) bond motifs is 1. The van der Waals surface area contributed by atoms with Crippen LogP contribution in [0.1, 0.15) is 18.4 Å². The molecule has 2 heterocycles. The molecule has 1 aliphatic rings. The maximum atomic E-state index is 12.0. The highest BCUT2D eigenvalue weighted by Gasteiger charge is 2.36. The Balaban J connectivity index is 1.92. The first-order chi connectivity index (χ1) is 11.3. The van der Waals surface area contributed by atoms with Gasteiger partial charge in [0.25, 0.3) is 11.9 Å². The Kier molecular flexibility index (Phi) is 3.93. The molecule has 0 bridgehead atoms. The van der Waals surface area contributed by atoms with E-state index in [1.807, 2.05) is 6.92 Å². The van der Waals surface area contributed by atoms with Gasteiger partial charge in [-0.3, -0.25) is 14.7 Å². The van der Waals surface area contributed by atoms with Crippen molar-refractivity contribution < 1.29 is 26.7 Å². The zero-order valence-corrected chi connectivity index (χ0v) is 13.6. The maximum Gasteiger partial charge on any atom is 0.446 e. The molecule has 0 saturated carbocycles. The average Bonchev–Trinajstić information content (AvgIpc) is 3.08. The molecule has 2 atom stereocenters. The second-order valence-electron chi connectivity index (χ2n) is 5.31. The van der Waals surface area contributed by atoms with E-state index < -0.39 is 16.5 Å². The monoisotopic (exact) mass is 353 g/mol. The third-order valence-corrected chi connectivity index (χ3v) is 4.16. The van der Waals surface area contributed by atoms with Gasteiger partial charge in [0, 0.05) is 36.1 Å². The Morgan fingerprint density at radius 1 is 1.42 bits per heavy atom. The van der Waals surface area contributed by atoms with Gasteiger partial charge in [-0.2, -0.15) is 8.42 Å². The van der Waals surface area contributed by atoms with Crippen molar-refractivity contribution >= 4 is 33.2 Å². The van der Waals surface area contributed by atoms with Gasteiger partial charge in [0.2, 0.25) is 0 Å². The van der Waals surface area contributed by atoms with Crippen molar-refractivity contribution in [2.45, 2.75) is 18.9 Å². The number of aromatic amines is 1. The van der Waals surface area contributed by atoms with Gasteiger partial charge in [-0.1, -0.05) is 6.92 Å². The van der Waals surface area contributed by atoms with Crippen LogP contribution in [0.4, 0.5) is 0 Å². The van der Waals surface area contributed by atoms with Crippen LogP contribution in [0.3, 0.4) is 0 Å². The van der Waals surface area contributed by atoms with E-state index in [4.69, 9.17) is 9.29 Å². The number of benzene rings is 1. The Morgan fingerprint density at radius 3 is 2.79 bits per heavy atom. The topological polar surface area (TPSA) is 130 Å². The molecular formula is C14H15N3O6S. The molecule has 9 nitrogen and oxygen atoms in total. The number of hydrogen-bond donors (Lipinski definition) is 3. The standard InChI is InChI=1S/C14H15N3O6S/c1-7(12-13(18)17-14(15-2)22-12)10-6-16-11-5-8(3-4-9(10)11)23-24(19,20)21/h3-7,12,16H,1-2H3,(H,15,17,18)(H,19,20,21)/t7-,12+/m1/s1. The van der Waals surface area contributed by atoms with Gasteiger partial charge < -0.3 is 13.9 Å². The van der Waals surface area contributed by atoms with E-state index in [2.05, 4.69) is 19.5 Å². The van der Waals surface area contributed by atoms with E-state index in [0.717, 1.165) is 10.9 Å². The minimum absolute atomic E-state index is 0.0266. The predicted molar refractivity (Wildman–Crippen MR) is 85.3 cm³/mol. The molecule has 1 aliphatic heterocycles. The number of amides is 1. The molecule has 0 aliphatic carbocycles. The van der Waals surface area contributed by atoms with Crippen LogP contribution < -0.4 is 9.50 Å². The number of H-pyrrole nitrogens is 1. The molecule has 1 fully saturated rings. The number of carbonyl (C=O) groups is 1. The molecule has 0 spiro atoms. The fraction of sp³-hybridized carbons (Fsp3) is 0.286. The maximum absolute atomic E-state index is 12.0. The second kappa shape index (κ2) is 5.80.